The van der Waals surface area contributed by atoms with E-state index in [0.717, 1.165) is 29.2 Å². The molecule has 5 heteroatoms. The van der Waals surface area contributed by atoms with Crippen molar-refractivity contribution in [2.45, 2.75) is 26.3 Å². The molecular weight excluding hydrogens is 266 g/mol. The summed E-state index contributed by atoms with van der Waals surface area (Å²) in [7, 11) is 0. The second-order valence-corrected chi connectivity index (χ2v) is 5.39. The van der Waals surface area contributed by atoms with Crippen LogP contribution in [0.15, 0.2) is 29.6 Å². The fourth-order valence-corrected chi connectivity index (χ4v) is 2.40. The van der Waals surface area contributed by atoms with Crippen LogP contribution in [0.5, 0.6) is 0 Å². The minimum atomic E-state index is -2.39. The van der Waals surface area contributed by atoms with Crippen molar-refractivity contribution in [1.29, 1.82) is 0 Å². The summed E-state index contributed by atoms with van der Waals surface area (Å²) >= 11 is 1.65. The first-order valence-electron chi connectivity index (χ1n) is 6.14. The van der Waals surface area contributed by atoms with E-state index >= 15 is 0 Å². The van der Waals surface area contributed by atoms with E-state index in [1.807, 2.05) is 6.92 Å². The number of hydrogen-bond donors (Lipinski definition) is 1. The first-order chi connectivity index (χ1) is 9.15. The molecule has 0 aliphatic rings. The molecule has 0 radical (unpaired) electrons. The Morgan fingerprint density at radius 3 is 2.58 bits per heavy atom. The Morgan fingerprint density at radius 2 is 2.00 bits per heavy atom. The number of nitrogens with zero attached hydrogens (tertiary/aromatic N) is 1. The molecule has 2 rings (SSSR count). The molecule has 0 atom stereocenters. The molecule has 0 fully saturated rings. The van der Waals surface area contributed by atoms with Crippen LogP contribution in [-0.2, 0) is 13.0 Å². The van der Waals surface area contributed by atoms with Crippen molar-refractivity contribution in [3.05, 3.63) is 51.5 Å². The molecule has 1 N–H and O–H groups in total. The number of hydrogen-bond acceptors (Lipinski definition) is 3. The second kappa shape index (κ2) is 6.73. The third kappa shape index (κ3) is 4.36. The van der Waals surface area contributed by atoms with Crippen molar-refractivity contribution in [3.63, 3.8) is 0 Å². The van der Waals surface area contributed by atoms with E-state index in [1.54, 1.807) is 23.5 Å². The van der Waals surface area contributed by atoms with E-state index in [2.05, 4.69) is 15.7 Å². The van der Waals surface area contributed by atoms with Gasteiger partial charge in [-0.2, -0.15) is 0 Å². The Morgan fingerprint density at radius 1 is 1.26 bits per heavy atom. The maximum absolute atomic E-state index is 12.4. The lowest BCUT2D eigenvalue weighted by Gasteiger charge is -2.05. The molecule has 1 heterocycles. The summed E-state index contributed by atoms with van der Waals surface area (Å²) in [6.45, 7) is 3.51. The molecule has 0 aliphatic carbocycles. The summed E-state index contributed by atoms with van der Waals surface area (Å²) in [5, 5.41) is 6.43. The van der Waals surface area contributed by atoms with Gasteiger partial charge in [-0.15, -0.1) is 11.3 Å². The van der Waals surface area contributed by atoms with E-state index in [0.29, 0.717) is 6.54 Å². The summed E-state index contributed by atoms with van der Waals surface area (Å²) in [6, 6.07) is 6.43. The highest BCUT2D eigenvalue weighted by Gasteiger charge is 2.05. The smallest absolute Gasteiger partial charge is 0.263 e. The van der Waals surface area contributed by atoms with Gasteiger partial charge in [0.25, 0.3) is 6.43 Å². The topological polar surface area (TPSA) is 24.9 Å². The zero-order chi connectivity index (χ0) is 13.7. The minimum absolute atomic E-state index is 0.0710. The van der Waals surface area contributed by atoms with E-state index in [9.17, 15) is 8.78 Å². The molecule has 1 aromatic heterocycles. The fraction of sp³-hybridized carbons (Fsp3) is 0.357. The lowest BCUT2D eigenvalue weighted by atomic mass is 10.1. The third-order valence-corrected chi connectivity index (χ3v) is 3.61. The molecule has 0 bridgehead atoms. The van der Waals surface area contributed by atoms with Gasteiger partial charge in [-0.05, 0) is 12.5 Å². The normalized spacial score (nSPS) is 11.2. The molecule has 0 aliphatic heterocycles. The number of thiazole rings is 1. The van der Waals surface area contributed by atoms with E-state index in [-0.39, 0.29) is 5.56 Å². The lowest BCUT2D eigenvalue weighted by molar-refractivity contribution is 0.151. The number of benzene rings is 1. The van der Waals surface area contributed by atoms with Crippen molar-refractivity contribution >= 4 is 11.3 Å². The standard InChI is InChI=1S/C14H16F2N2S/c1-10-18-13(9-19-10)6-7-17-8-11-2-4-12(5-3-11)14(15)16/h2-5,9,14,17H,6-8H2,1H3. The quantitative estimate of drug-likeness (QED) is 0.817. The molecule has 2 aromatic rings. The highest BCUT2D eigenvalue weighted by atomic mass is 32.1. The Hall–Kier alpha value is -1.33. The monoisotopic (exact) mass is 282 g/mol. The summed E-state index contributed by atoms with van der Waals surface area (Å²) in [6.07, 6.45) is -1.51. The zero-order valence-corrected chi connectivity index (χ0v) is 11.5. The van der Waals surface area contributed by atoms with Gasteiger partial charge in [0.2, 0.25) is 0 Å². The molecule has 0 amide bonds. The number of halogens is 2. The molecule has 0 spiro atoms. The molecule has 2 nitrogen and oxygen atoms in total. The SMILES string of the molecule is Cc1nc(CCNCc2ccc(C(F)F)cc2)cs1. The minimum Gasteiger partial charge on any atom is -0.312 e. The van der Waals surface area contributed by atoms with Crippen molar-refractivity contribution in [2.75, 3.05) is 6.54 Å². The molecule has 1 aromatic carbocycles. The van der Waals surface area contributed by atoms with E-state index < -0.39 is 6.43 Å². The van der Waals surface area contributed by atoms with Gasteiger partial charge in [0.05, 0.1) is 10.7 Å². The number of alkyl halides is 2. The van der Waals surface area contributed by atoms with Gasteiger partial charge in [0, 0.05) is 30.5 Å². The van der Waals surface area contributed by atoms with Gasteiger partial charge in [0.1, 0.15) is 0 Å². The van der Waals surface area contributed by atoms with Gasteiger partial charge in [-0.1, -0.05) is 24.3 Å². The Bertz CT molecular complexity index is 508. The average Bonchev–Trinajstić information content (AvgIpc) is 2.81. The molecule has 0 saturated heterocycles. The van der Waals surface area contributed by atoms with Crippen molar-refractivity contribution in [1.82, 2.24) is 10.3 Å². The maximum Gasteiger partial charge on any atom is 0.263 e. The Labute approximate surface area is 115 Å². The number of rotatable bonds is 6. The van der Waals surface area contributed by atoms with Crippen LogP contribution in [0.25, 0.3) is 0 Å². The second-order valence-electron chi connectivity index (χ2n) is 4.33. The summed E-state index contributed by atoms with van der Waals surface area (Å²) in [5.41, 5.74) is 2.18. The maximum atomic E-state index is 12.4. The van der Waals surface area contributed by atoms with Gasteiger partial charge in [0.15, 0.2) is 0 Å². The zero-order valence-electron chi connectivity index (χ0n) is 10.7. The number of aryl methyl sites for hydroxylation is 1. The van der Waals surface area contributed by atoms with Crippen molar-refractivity contribution in [2.24, 2.45) is 0 Å². The highest BCUT2D eigenvalue weighted by molar-refractivity contribution is 7.09. The van der Waals surface area contributed by atoms with Gasteiger partial charge in [-0.3, -0.25) is 0 Å². The van der Waals surface area contributed by atoms with Gasteiger partial charge < -0.3 is 5.32 Å². The van der Waals surface area contributed by atoms with Crippen LogP contribution in [-0.4, -0.2) is 11.5 Å². The third-order valence-electron chi connectivity index (χ3n) is 2.79. The molecule has 0 unspecified atom stereocenters. The van der Waals surface area contributed by atoms with Crippen LogP contribution >= 0.6 is 11.3 Å². The van der Waals surface area contributed by atoms with Crippen molar-refractivity contribution < 1.29 is 8.78 Å². The largest absolute Gasteiger partial charge is 0.312 e. The highest BCUT2D eigenvalue weighted by Crippen LogP contribution is 2.18. The summed E-state index contributed by atoms with van der Waals surface area (Å²) < 4.78 is 24.7. The molecule has 102 valence electrons. The Balaban J connectivity index is 1.73. The van der Waals surface area contributed by atoms with Gasteiger partial charge >= 0.3 is 0 Å². The first-order valence-corrected chi connectivity index (χ1v) is 7.02. The average molecular weight is 282 g/mol. The predicted octanol–water partition coefficient (Wildman–Crippen LogP) is 3.72. The van der Waals surface area contributed by atoms with Crippen LogP contribution in [0.4, 0.5) is 8.78 Å². The van der Waals surface area contributed by atoms with Crippen LogP contribution in [0.2, 0.25) is 0 Å². The predicted molar refractivity (Wildman–Crippen MR) is 73.7 cm³/mol. The molecule has 19 heavy (non-hydrogen) atoms. The summed E-state index contributed by atoms with van der Waals surface area (Å²) in [5.74, 6) is 0. The molecule has 0 saturated carbocycles. The van der Waals surface area contributed by atoms with Crippen molar-refractivity contribution in [3.8, 4) is 0 Å². The Kier molecular flexibility index (Phi) is 4.99. The van der Waals surface area contributed by atoms with Gasteiger partial charge in [-0.25, -0.2) is 13.8 Å². The summed E-state index contributed by atoms with van der Waals surface area (Å²) in [4.78, 5) is 4.38. The van der Waals surface area contributed by atoms with E-state index in [4.69, 9.17) is 0 Å². The molecular formula is C14H16F2N2S. The first kappa shape index (κ1) is 14.1. The fourth-order valence-electron chi connectivity index (χ4n) is 1.75. The number of aromatic nitrogens is 1. The van der Waals surface area contributed by atoms with Crippen LogP contribution in [0, 0.1) is 6.92 Å². The number of nitrogens with one attached hydrogen (secondary N) is 1. The lowest BCUT2D eigenvalue weighted by Crippen LogP contribution is -2.16. The van der Waals surface area contributed by atoms with Crippen LogP contribution < -0.4 is 5.32 Å². The van der Waals surface area contributed by atoms with Crippen LogP contribution in [0.3, 0.4) is 0 Å². The van der Waals surface area contributed by atoms with E-state index in [1.165, 1.54) is 12.1 Å². The van der Waals surface area contributed by atoms with Crippen LogP contribution in [0.1, 0.15) is 28.3 Å².